The Balaban J connectivity index is 2.68. The zero-order valence-electron chi connectivity index (χ0n) is 7.90. The Morgan fingerprint density at radius 3 is 2.86 bits per heavy atom. The first-order valence-corrected chi connectivity index (χ1v) is 5.09. The number of aliphatic hydroxyl groups is 1. The number of aromatic nitrogens is 1. The number of hydrogen-bond acceptors (Lipinski definition) is 3. The normalized spacial score (nSPS) is 14.8. The highest BCUT2D eigenvalue weighted by Gasteiger charge is 2.20. The Hall–Kier alpha value is -0.740. The van der Waals surface area contributed by atoms with Crippen molar-refractivity contribution in [1.29, 1.82) is 0 Å². The van der Waals surface area contributed by atoms with Gasteiger partial charge in [0.05, 0.1) is 5.60 Å². The molecule has 76 valence electrons. The molecule has 0 saturated carbocycles. The third-order valence-electron chi connectivity index (χ3n) is 1.87. The van der Waals surface area contributed by atoms with E-state index in [4.69, 9.17) is 0 Å². The lowest BCUT2D eigenvalue weighted by molar-refractivity contribution is -0.111. The second-order valence-corrected chi connectivity index (χ2v) is 4.43. The highest BCUT2D eigenvalue weighted by Crippen LogP contribution is 2.15. The minimum atomic E-state index is -0.997. The van der Waals surface area contributed by atoms with E-state index in [1.54, 1.807) is 13.1 Å². The van der Waals surface area contributed by atoms with Gasteiger partial charge in [0.2, 0.25) is 0 Å². The summed E-state index contributed by atoms with van der Waals surface area (Å²) in [4.78, 5) is 14.4. The first kappa shape index (κ1) is 11.3. The van der Waals surface area contributed by atoms with Gasteiger partial charge in [-0.15, -0.1) is 0 Å². The number of aldehydes is 1. The van der Waals surface area contributed by atoms with E-state index in [0.29, 0.717) is 6.42 Å². The van der Waals surface area contributed by atoms with Gasteiger partial charge in [0.1, 0.15) is 6.29 Å². The van der Waals surface area contributed by atoms with Crippen molar-refractivity contribution in [3.8, 4) is 0 Å². The first-order valence-electron chi connectivity index (χ1n) is 4.30. The van der Waals surface area contributed by atoms with Gasteiger partial charge in [0, 0.05) is 29.2 Å². The molecule has 14 heavy (non-hydrogen) atoms. The number of pyridine rings is 1. The van der Waals surface area contributed by atoms with Gasteiger partial charge < -0.3 is 9.90 Å². The monoisotopic (exact) mass is 257 g/mol. The van der Waals surface area contributed by atoms with Crippen LogP contribution in [0.5, 0.6) is 0 Å². The molecule has 0 bridgehead atoms. The van der Waals surface area contributed by atoms with Gasteiger partial charge in [-0.05, 0) is 35.0 Å². The summed E-state index contributed by atoms with van der Waals surface area (Å²) in [6, 6.07) is 3.68. The van der Waals surface area contributed by atoms with Gasteiger partial charge in [-0.2, -0.15) is 0 Å². The summed E-state index contributed by atoms with van der Waals surface area (Å²) in [5.41, 5.74) is -0.220. The zero-order chi connectivity index (χ0) is 10.6. The fourth-order valence-corrected chi connectivity index (χ4v) is 1.39. The Bertz CT molecular complexity index is 308. The molecule has 0 spiro atoms. The van der Waals surface area contributed by atoms with E-state index in [0.717, 1.165) is 16.5 Å². The van der Waals surface area contributed by atoms with Crippen LogP contribution in [0.1, 0.15) is 19.0 Å². The molecule has 3 nitrogen and oxygen atoms in total. The molecule has 0 aromatic carbocycles. The molecule has 1 aromatic rings. The van der Waals surface area contributed by atoms with E-state index in [1.807, 2.05) is 12.1 Å². The van der Waals surface area contributed by atoms with Crippen molar-refractivity contribution in [2.24, 2.45) is 0 Å². The molecule has 0 saturated heterocycles. The maximum absolute atomic E-state index is 10.3. The fourth-order valence-electron chi connectivity index (χ4n) is 1.15. The van der Waals surface area contributed by atoms with Crippen LogP contribution in [0, 0.1) is 0 Å². The molecule has 0 aliphatic heterocycles. The molecule has 0 radical (unpaired) electrons. The quantitative estimate of drug-likeness (QED) is 0.836. The SMILES string of the molecule is CC(O)(CC=O)Cc1ccc(Br)cn1. The lowest BCUT2D eigenvalue weighted by Gasteiger charge is -2.19. The lowest BCUT2D eigenvalue weighted by Crippen LogP contribution is -2.27. The van der Waals surface area contributed by atoms with Crippen LogP contribution < -0.4 is 0 Å². The molecule has 0 fully saturated rings. The van der Waals surface area contributed by atoms with Crippen molar-refractivity contribution in [3.63, 3.8) is 0 Å². The molecular weight excluding hydrogens is 246 g/mol. The Labute approximate surface area is 91.3 Å². The molecule has 1 aromatic heterocycles. The van der Waals surface area contributed by atoms with E-state index in [2.05, 4.69) is 20.9 Å². The average molecular weight is 258 g/mol. The van der Waals surface area contributed by atoms with Crippen LogP contribution >= 0.6 is 15.9 Å². The molecule has 1 N–H and O–H groups in total. The van der Waals surface area contributed by atoms with E-state index in [-0.39, 0.29) is 6.42 Å². The van der Waals surface area contributed by atoms with E-state index < -0.39 is 5.60 Å². The van der Waals surface area contributed by atoms with Crippen molar-refractivity contribution < 1.29 is 9.90 Å². The van der Waals surface area contributed by atoms with Crippen LogP contribution in [-0.2, 0) is 11.2 Å². The van der Waals surface area contributed by atoms with Crippen LogP contribution in [0.4, 0.5) is 0 Å². The fraction of sp³-hybridized carbons (Fsp3) is 0.400. The Kier molecular flexibility index (Phi) is 3.77. The summed E-state index contributed by atoms with van der Waals surface area (Å²) in [6.45, 7) is 1.63. The second kappa shape index (κ2) is 4.66. The van der Waals surface area contributed by atoms with Crippen LogP contribution in [0.3, 0.4) is 0 Å². The number of carbonyl (C=O) groups excluding carboxylic acids is 1. The van der Waals surface area contributed by atoms with Gasteiger partial charge in [-0.25, -0.2) is 0 Å². The molecular formula is C10H12BrNO2. The van der Waals surface area contributed by atoms with E-state index in [1.165, 1.54) is 0 Å². The van der Waals surface area contributed by atoms with Crippen LogP contribution in [-0.4, -0.2) is 22.0 Å². The summed E-state index contributed by atoms with van der Waals surface area (Å²) < 4.78 is 0.899. The summed E-state index contributed by atoms with van der Waals surface area (Å²) in [5.74, 6) is 0. The van der Waals surface area contributed by atoms with Gasteiger partial charge in [0.25, 0.3) is 0 Å². The molecule has 1 rings (SSSR count). The number of hydrogen-bond donors (Lipinski definition) is 1. The smallest absolute Gasteiger partial charge is 0.122 e. The lowest BCUT2D eigenvalue weighted by atomic mass is 9.97. The molecule has 4 heteroatoms. The third kappa shape index (κ3) is 3.55. The molecule has 0 amide bonds. The highest BCUT2D eigenvalue weighted by atomic mass is 79.9. The van der Waals surface area contributed by atoms with Crippen molar-refractivity contribution >= 4 is 22.2 Å². The van der Waals surface area contributed by atoms with Gasteiger partial charge in [-0.3, -0.25) is 4.98 Å². The number of nitrogens with zero attached hydrogens (tertiary/aromatic N) is 1. The van der Waals surface area contributed by atoms with Gasteiger partial charge in [0.15, 0.2) is 0 Å². The molecule has 1 atom stereocenters. The minimum absolute atomic E-state index is 0.130. The summed E-state index contributed by atoms with van der Waals surface area (Å²) >= 11 is 3.27. The minimum Gasteiger partial charge on any atom is -0.389 e. The summed E-state index contributed by atoms with van der Waals surface area (Å²) in [5, 5.41) is 9.75. The van der Waals surface area contributed by atoms with Crippen molar-refractivity contribution in [2.45, 2.75) is 25.4 Å². The van der Waals surface area contributed by atoms with Crippen molar-refractivity contribution in [2.75, 3.05) is 0 Å². The first-order chi connectivity index (χ1) is 6.53. The molecule has 0 aliphatic carbocycles. The van der Waals surface area contributed by atoms with Crippen LogP contribution in [0.25, 0.3) is 0 Å². The predicted octanol–water partition coefficient (Wildman–Crippen LogP) is 1.73. The highest BCUT2D eigenvalue weighted by molar-refractivity contribution is 9.10. The maximum Gasteiger partial charge on any atom is 0.122 e. The topological polar surface area (TPSA) is 50.2 Å². The summed E-state index contributed by atoms with van der Waals surface area (Å²) in [6.07, 6.45) is 2.91. The second-order valence-electron chi connectivity index (χ2n) is 3.51. The predicted molar refractivity (Wildman–Crippen MR) is 56.9 cm³/mol. The zero-order valence-corrected chi connectivity index (χ0v) is 9.49. The molecule has 1 heterocycles. The van der Waals surface area contributed by atoms with Gasteiger partial charge in [-0.1, -0.05) is 0 Å². The third-order valence-corrected chi connectivity index (χ3v) is 2.34. The van der Waals surface area contributed by atoms with Crippen molar-refractivity contribution in [3.05, 3.63) is 28.5 Å². The molecule has 0 aliphatic rings. The van der Waals surface area contributed by atoms with E-state index in [9.17, 15) is 9.90 Å². The maximum atomic E-state index is 10.3. The van der Waals surface area contributed by atoms with Crippen molar-refractivity contribution in [1.82, 2.24) is 4.98 Å². The number of rotatable bonds is 4. The van der Waals surface area contributed by atoms with Crippen LogP contribution in [0.15, 0.2) is 22.8 Å². The molecule has 1 unspecified atom stereocenters. The van der Waals surface area contributed by atoms with Crippen LogP contribution in [0.2, 0.25) is 0 Å². The Morgan fingerprint density at radius 1 is 1.64 bits per heavy atom. The largest absolute Gasteiger partial charge is 0.389 e. The van der Waals surface area contributed by atoms with Gasteiger partial charge >= 0.3 is 0 Å². The number of carbonyl (C=O) groups is 1. The average Bonchev–Trinajstić information content (AvgIpc) is 2.08. The standard InChI is InChI=1S/C10H12BrNO2/c1-10(14,4-5-13)6-9-3-2-8(11)7-12-9/h2-3,5,7,14H,4,6H2,1H3. The van der Waals surface area contributed by atoms with E-state index >= 15 is 0 Å². The number of halogens is 1. The summed E-state index contributed by atoms with van der Waals surface area (Å²) in [7, 11) is 0. The Morgan fingerprint density at radius 2 is 2.36 bits per heavy atom.